The van der Waals surface area contributed by atoms with Crippen molar-refractivity contribution in [1.29, 1.82) is 0 Å². The zero-order valence-electron chi connectivity index (χ0n) is 24.5. The molecule has 0 radical (unpaired) electrons. The van der Waals surface area contributed by atoms with Crippen LogP contribution in [-0.4, -0.2) is 57.2 Å². The Hall–Kier alpha value is -6.12. The second-order valence-electron chi connectivity index (χ2n) is 11.0. The molecule has 1 aliphatic heterocycles. The van der Waals surface area contributed by atoms with Crippen molar-refractivity contribution in [2.45, 2.75) is 38.3 Å². The molecule has 7 rings (SSSR count). The van der Waals surface area contributed by atoms with Gasteiger partial charge in [-0.2, -0.15) is 10.3 Å². The van der Waals surface area contributed by atoms with E-state index in [9.17, 15) is 14.0 Å². The maximum atomic E-state index is 14.5. The monoisotopic (exact) mass is 618 g/mol. The minimum absolute atomic E-state index is 0.129. The third-order valence-corrected chi connectivity index (χ3v) is 8.12. The third-order valence-electron chi connectivity index (χ3n) is 8.12. The van der Waals surface area contributed by atoms with Crippen molar-refractivity contribution in [3.05, 3.63) is 101 Å². The molecule has 0 bridgehead atoms. The first kappa shape index (κ1) is 28.6. The lowest BCUT2D eigenvalue weighted by atomic mass is 9.77. The summed E-state index contributed by atoms with van der Waals surface area (Å²) in [6, 6.07) is 17.5. The van der Waals surface area contributed by atoms with Crippen molar-refractivity contribution in [3.63, 3.8) is 0 Å². The van der Waals surface area contributed by atoms with Gasteiger partial charge in [-0.25, -0.2) is 24.0 Å². The molecule has 14 nitrogen and oxygen atoms in total. The summed E-state index contributed by atoms with van der Waals surface area (Å²) in [5.74, 6) is 0.230. The molecule has 46 heavy (non-hydrogen) atoms. The predicted molar refractivity (Wildman–Crippen MR) is 164 cm³/mol. The summed E-state index contributed by atoms with van der Waals surface area (Å²) < 4.78 is 16.1. The highest BCUT2D eigenvalue weighted by molar-refractivity contribution is 6.09. The Morgan fingerprint density at radius 1 is 1.09 bits per heavy atom. The molecule has 6 aromatic rings. The normalized spacial score (nSPS) is 15.6. The Morgan fingerprint density at radius 2 is 1.91 bits per heavy atom. The highest BCUT2D eigenvalue weighted by Gasteiger charge is 2.47. The fourth-order valence-electron chi connectivity index (χ4n) is 5.65. The summed E-state index contributed by atoms with van der Waals surface area (Å²) in [7, 11) is 0. The molecular weight excluding hydrogens is 591 g/mol. The second-order valence-corrected chi connectivity index (χ2v) is 11.0. The molecule has 5 heterocycles. The third kappa shape index (κ3) is 5.06. The Bertz CT molecular complexity index is 2100. The SMILES string of the molecule is CC1(c2ccc(CCC(=O)NCc3nn[nH]n3)cc2)C(=O)Nc2nc(-c3nn(Cc4ccccc4F)c4ncccc34)nc(N)c21. The highest BCUT2D eigenvalue weighted by atomic mass is 19.1. The fraction of sp³-hybridized carbons (Fsp3) is 0.194. The van der Waals surface area contributed by atoms with Gasteiger partial charge < -0.3 is 16.4 Å². The topological polar surface area (TPSA) is 195 Å². The number of hydrogen-bond acceptors (Lipinski definition) is 10. The molecule has 1 atom stereocenters. The highest BCUT2D eigenvalue weighted by Crippen LogP contribution is 2.45. The lowest BCUT2D eigenvalue weighted by Gasteiger charge is -2.23. The number of aromatic nitrogens is 9. The van der Waals surface area contributed by atoms with E-state index in [1.165, 1.54) is 6.07 Å². The van der Waals surface area contributed by atoms with Crippen molar-refractivity contribution in [2.24, 2.45) is 0 Å². The number of H-pyrrole nitrogens is 1. The van der Waals surface area contributed by atoms with Crippen LogP contribution < -0.4 is 16.4 Å². The van der Waals surface area contributed by atoms with Gasteiger partial charge in [0.1, 0.15) is 28.6 Å². The van der Waals surface area contributed by atoms with E-state index in [1.54, 1.807) is 42.1 Å². The first-order chi connectivity index (χ1) is 22.3. The van der Waals surface area contributed by atoms with Gasteiger partial charge in [-0.3, -0.25) is 9.59 Å². The molecule has 1 aliphatic rings. The summed E-state index contributed by atoms with van der Waals surface area (Å²) in [4.78, 5) is 39.5. The molecule has 0 spiro atoms. The van der Waals surface area contributed by atoms with Crippen LogP contribution in [0.5, 0.6) is 0 Å². The predicted octanol–water partition coefficient (Wildman–Crippen LogP) is 2.68. The van der Waals surface area contributed by atoms with Crippen molar-refractivity contribution >= 4 is 34.5 Å². The summed E-state index contributed by atoms with van der Waals surface area (Å²) in [6.45, 7) is 2.11. The summed E-state index contributed by atoms with van der Waals surface area (Å²) in [5, 5.41) is 24.4. The number of rotatable bonds is 9. The van der Waals surface area contributed by atoms with E-state index in [1.807, 2.05) is 30.3 Å². The molecule has 2 amide bonds. The number of nitrogen functional groups attached to an aromatic ring is 1. The van der Waals surface area contributed by atoms with Gasteiger partial charge in [-0.1, -0.05) is 47.7 Å². The number of nitrogens with one attached hydrogen (secondary N) is 3. The van der Waals surface area contributed by atoms with Crippen LogP contribution in [0, 0.1) is 5.82 Å². The Kier molecular flexibility index (Phi) is 7.11. The maximum absolute atomic E-state index is 14.5. The maximum Gasteiger partial charge on any atom is 0.240 e. The number of carbonyl (C=O) groups is 2. The molecular formula is C31H27FN12O2. The van der Waals surface area contributed by atoms with Crippen LogP contribution in [0.2, 0.25) is 0 Å². The zero-order valence-corrected chi connectivity index (χ0v) is 24.5. The van der Waals surface area contributed by atoms with Crippen LogP contribution in [0.1, 0.15) is 41.4 Å². The number of carbonyl (C=O) groups excluding carboxylic acids is 2. The molecule has 1 unspecified atom stereocenters. The first-order valence-corrected chi connectivity index (χ1v) is 14.4. The first-order valence-electron chi connectivity index (χ1n) is 14.4. The number of tetrazole rings is 1. The number of benzene rings is 2. The minimum Gasteiger partial charge on any atom is -0.383 e. The van der Waals surface area contributed by atoms with Crippen LogP contribution in [0.15, 0.2) is 66.9 Å². The van der Waals surface area contributed by atoms with E-state index >= 15 is 0 Å². The number of anilines is 2. The molecule has 230 valence electrons. The van der Waals surface area contributed by atoms with Gasteiger partial charge in [-0.15, -0.1) is 10.2 Å². The molecule has 0 fully saturated rings. The number of fused-ring (bicyclic) bond motifs is 2. The van der Waals surface area contributed by atoms with E-state index < -0.39 is 5.41 Å². The quantitative estimate of drug-likeness (QED) is 0.187. The summed E-state index contributed by atoms with van der Waals surface area (Å²) in [6.07, 6.45) is 2.40. The molecule has 0 saturated carbocycles. The molecule has 4 aromatic heterocycles. The van der Waals surface area contributed by atoms with E-state index in [2.05, 4.69) is 46.2 Å². The van der Waals surface area contributed by atoms with Gasteiger partial charge >= 0.3 is 0 Å². The number of halogens is 1. The molecule has 5 N–H and O–H groups in total. The van der Waals surface area contributed by atoms with Gasteiger partial charge in [0.15, 0.2) is 17.3 Å². The van der Waals surface area contributed by atoms with E-state index in [0.717, 1.165) is 5.56 Å². The van der Waals surface area contributed by atoms with Crippen LogP contribution in [0.25, 0.3) is 22.6 Å². The van der Waals surface area contributed by atoms with Gasteiger partial charge in [0, 0.05) is 18.2 Å². The zero-order chi connectivity index (χ0) is 31.8. The number of pyridine rings is 1. The van der Waals surface area contributed by atoms with Crippen molar-refractivity contribution < 1.29 is 14.0 Å². The van der Waals surface area contributed by atoms with Crippen LogP contribution >= 0.6 is 0 Å². The fourth-order valence-corrected chi connectivity index (χ4v) is 5.65. The molecule has 15 heteroatoms. The van der Waals surface area contributed by atoms with Crippen molar-refractivity contribution in [3.8, 4) is 11.5 Å². The largest absolute Gasteiger partial charge is 0.383 e. The minimum atomic E-state index is -1.16. The van der Waals surface area contributed by atoms with Gasteiger partial charge in [0.25, 0.3) is 0 Å². The van der Waals surface area contributed by atoms with Gasteiger partial charge in [0.05, 0.1) is 24.0 Å². The Balaban J connectivity index is 1.14. The lowest BCUT2D eigenvalue weighted by Crippen LogP contribution is -2.33. The van der Waals surface area contributed by atoms with Crippen molar-refractivity contribution in [1.82, 2.24) is 50.7 Å². The number of nitrogens with two attached hydrogens (primary N) is 1. The second kappa shape index (κ2) is 11.4. The van der Waals surface area contributed by atoms with E-state index in [4.69, 9.17) is 10.8 Å². The average molecular weight is 619 g/mol. The smallest absolute Gasteiger partial charge is 0.240 e. The molecule has 2 aromatic carbocycles. The number of hydrogen-bond donors (Lipinski definition) is 4. The van der Waals surface area contributed by atoms with Crippen molar-refractivity contribution in [2.75, 3.05) is 11.1 Å². The van der Waals surface area contributed by atoms with Crippen LogP contribution in [0.3, 0.4) is 0 Å². The molecule has 0 saturated heterocycles. The average Bonchev–Trinajstić information content (AvgIpc) is 3.78. The van der Waals surface area contributed by atoms with E-state index in [-0.39, 0.29) is 54.6 Å². The Morgan fingerprint density at radius 3 is 2.70 bits per heavy atom. The number of aromatic amines is 1. The summed E-state index contributed by atoms with van der Waals surface area (Å²) >= 11 is 0. The van der Waals surface area contributed by atoms with Gasteiger partial charge in [0.2, 0.25) is 11.8 Å². The number of nitrogens with zero attached hydrogens (tertiary/aromatic N) is 8. The van der Waals surface area contributed by atoms with Gasteiger partial charge in [-0.05, 0) is 42.7 Å². The Labute approximate surface area is 260 Å². The van der Waals surface area contributed by atoms with Crippen LogP contribution in [0.4, 0.5) is 16.0 Å². The number of aryl methyl sites for hydroxylation is 1. The number of amides is 2. The van der Waals surface area contributed by atoms with Crippen LogP contribution in [-0.2, 0) is 34.5 Å². The standard InChI is InChI=1S/C31H27FN12O2/c1-31(19-11-8-17(9-12-19)10-13-23(45)35-15-22-39-42-43-40-22)24-26(33)36-28(37-27(24)38-30(31)46)25-20-6-4-14-34-29(20)44(41-25)16-18-5-2-3-7-21(18)32/h2-9,11-12,14H,10,13,15-16H2,1H3,(H,35,45)(H,39,40,42,43)(H3,33,36,37,38,46). The van der Waals surface area contributed by atoms with E-state index in [0.29, 0.717) is 45.7 Å². The molecule has 0 aliphatic carbocycles. The summed E-state index contributed by atoms with van der Waals surface area (Å²) in [5.41, 5.74) is 8.86. The lowest BCUT2D eigenvalue weighted by molar-refractivity contribution is -0.121.